The van der Waals surface area contributed by atoms with Gasteiger partial charge >= 0.3 is 5.97 Å². The van der Waals surface area contributed by atoms with Gasteiger partial charge in [0.25, 0.3) is 11.2 Å². The van der Waals surface area contributed by atoms with E-state index in [0.717, 1.165) is 0 Å². The minimum absolute atomic E-state index is 0.0772. The van der Waals surface area contributed by atoms with Gasteiger partial charge in [-0.1, -0.05) is 0 Å². The average molecular weight is 291 g/mol. The molecule has 1 aromatic heterocycles. The Hall–Kier alpha value is -2.90. The van der Waals surface area contributed by atoms with Gasteiger partial charge in [-0.25, -0.2) is 9.48 Å². The molecule has 0 bridgehead atoms. The van der Waals surface area contributed by atoms with E-state index in [0.29, 0.717) is 5.69 Å². The van der Waals surface area contributed by atoms with Crippen LogP contribution in [-0.4, -0.2) is 26.9 Å². The van der Waals surface area contributed by atoms with Crippen molar-refractivity contribution in [3.8, 4) is 5.69 Å². The summed E-state index contributed by atoms with van der Waals surface area (Å²) in [6.45, 7) is 1.87. The lowest BCUT2D eigenvalue weighted by Gasteiger charge is -2.09. The number of ether oxygens (including phenoxy) is 1. The Kier molecular flexibility index (Phi) is 3.88. The fourth-order valence-electron chi connectivity index (χ4n) is 1.94. The molecule has 0 radical (unpaired) electrons. The molecule has 1 heterocycles. The zero-order valence-electron chi connectivity index (χ0n) is 11.5. The predicted molar refractivity (Wildman–Crippen MR) is 73.6 cm³/mol. The summed E-state index contributed by atoms with van der Waals surface area (Å²) in [5.74, 6) is -0.599. The van der Waals surface area contributed by atoms with Crippen molar-refractivity contribution >= 4 is 11.7 Å². The van der Waals surface area contributed by atoms with Crippen LogP contribution in [0, 0.1) is 10.1 Å². The molecule has 0 unspecified atom stereocenters. The normalized spacial score (nSPS) is 10.4. The molecular weight excluding hydrogens is 278 g/mol. The van der Waals surface area contributed by atoms with E-state index in [1.165, 1.54) is 46.7 Å². The molecule has 8 heteroatoms. The van der Waals surface area contributed by atoms with Crippen molar-refractivity contribution in [1.82, 2.24) is 9.36 Å². The topological polar surface area (TPSA) is 96.4 Å². The Morgan fingerprint density at radius 1 is 1.33 bits per heavy atom. The van der Waals surface area contributed by atoms with E-state index in [4.69, 9.17) is 4.74 Å². The number of rotatable bonds is 4. The number of esters is 1. The highest BCUT2D eigenvalue weighted by molar-refractivity contribution is 5.87. The summed E-state index contributed by atoms with van der Waals surface area (Å²) in [6, 6.07) is 6.62. The molecule has 0 aliphatic heterocycles. The highest BCUT2D eigenvalue weighted by Crippen LogP contribution is 2.14. The Balaban J connectivity index is 2.47. The van der Waals surface area contributed by atoms with Crippen molar-refractivity contribution in [3.05, 3.63) is 56.5 Å². The number of carbonyl (C=O) groups is 1. The maximum Gasteiger partial charge on any atom is 0.356 e. The molecule has 0 saturated heterocycles. The number of benzene rings is 1. The van der Waals surface area contributed by atoms with Gasteiger partial charge in [0.1, 0.15) is 5.69 Å². The third-order valence-electron chi connectivity index (χ3n) is 2.91. The van der Waals surface area contributed by atoms with Crippen LogP contribution in [0.25, 0.3) is 5.69 Å². The van der Waals surface area contributed by atoms with Crippen molar-refractivity contribution in [2.45, 2.75) is 6.92 Å². The largest absolute Gasteiger partial charge is 0.461 e. The third-order valence-corrected chi connectivity index (χ3v) is 2.91. The van der Waals surface area contributed by atoms with Crippen molar-refractivity contribution in [2.75, 3.05) is 6.61 Å². The molecule has 1 aromatic carbocycles. The van der Waals surface area contributed by atoms with Crippen molar-refractivity contribution in [3.63, 3.8) is 0 Å². The molecule has 8 nitrogen and oxygen atoms in total. The maximum atomic E-state index is 12.0. The molecule has 0 spiro atoms. The summed E-state index contributed by atoms with van der Waals surface area (Å²) in [4.78, 5) is 33.8. The highest BCUT2D eigenvalue weighted by Gasteiger charge is 2.17. The lowest BCUT2D eigenvalue weighted by molar-refractivity contribution is -0.384. The lowest BCUT2D eigenvalue weighted by Crippen LogP contribution is -2.20. The molecule has 0 aliphatic rings. The maximum absolute atomic E-state index is 12.0. The molecule has 2 rings (SSSR count). The van der Waals surface area contributed by atoms with E-state index in [2.05, 4.69) is 0 Å². The van der Waals surface area contributed by atoms with Crippen molar-refractivity contribution < 1.29 is 14.5 Å². The minimum atomic E-state index is -0.599. The quantitative estimate of drug-likeness (QED) is 0.480. The first-order valence-electron chi connectivity index (χ1n) is 6.16. The number of nitro groups is 1. The standard InChI is InChI=1S/C13H13N3O5/c1-3-21-13(18)11-8-12(17)15(14(11)2)9-4-6-10(7-5-9)16(19)20/h4-8H,3H2,1-2H3. The Bertz CT molecular complexity index is 742. The first-order chi connectivity index (χ1) is 9.95. The molecule has 2 aromatic rings. The van der Waals surface area contributed by atoms with E-state index >= 15 is 0 Å². The van der Waals surface area contributed by atoms with E-state index in [1.54, 1.807) is 6.92 Å². The number of hydrogen-bond donors (Lipinski definition) is 0. The van der Waals surface area contributed by atoms with Crippen LogP contribution in [0.3, 0.4) is 0 Å². The summed E-state index contributed by atoms with van der Waals surface area (Å²) in [6.07, 6.45) is 0. The van der Waals surface area contributed by atoms with Crippen LogP contribution in [-0.2, 0) is 11.8 Å². The molecule has 0 amide bonds. The van der Waals surface area contributed by atoms with Gasteiger partial charge in [-0.05, 0) is 19.1 Å². The number of aromatic nitrogens is 2. The zero-order chi connectivity index (χ0) is 15.6. The van der Waals surface area contributed by atoms with Gasteiger partial charge in [0, 0.05) is 25.2 Å². The Morgan fingerprint density at radius 3 is 2.48 bits per heavy atom. The average Bonchev–Trinajstić information content (AvgIpc) is 2.74. The summed E-state index contributed by atoms with van der Waals surface area (Å²) in [5, 5.41) is 10.6. The van der Waals surface area contributed by atoms with Crippen LogP contribution < -0.4 is 5.56 Å². The van der Waals surface area contributed by atoms with Gasteiger partial charge in [0.15, 0.2) is 0 Å². The second kappa shape index (κ2) is 5.61. The summed E-state index contributed by atoms with van der Waals surface area (Å²) < 4.78 is 7.44. The van der Waals surface area contributed by atoms with Crippen LogP contribution in [0.4, 0.5) is 5.69 Å². The van der Waals surface area contributed by atoms with Crippen LogP contribution in [0.2, 0.25) is 0 Å². The fraction of sp³-hybridized carbons (Fsp3) is 0.231. The van der Waals surface area contributed by atoms with Crippen LogP contribution in [0.1, 0.15) is 17.4 Å². The number of carbonyl (C=O) groups excluding carboxylic acids is 1. The molecule has 0 aliphatic carbocycles. The molecule has 0 saturated carbocycles. The molecule has 0 fully saturated rings. The van der Waals surface area contributed by atoms with Crippen LogP contribution >= 0.6 is 0 Å². The Morgan fingerprint density at radius 2 is 1.95 bits per heavy atom. The number of hydrogen-bond acceptors (Lipinski definition) is 5. The van der Waals surface area contributed by atoms with Gasteiger partial charge < -0.3 is 4.74 Å². The number of non-ortho nitro benzene ring substituents is 1. The first kappa shape index (κ1) is 14.5. The Labute approximate surface area is 119 Å². The molecular formula is C13H13N3O5. The molecule has 110 valence electrons. The van der Waals surface area contributed by atoms with Gasteiger partial charge in [-0.15, -0.1) is 0 Å². The SMILES string of the molecule is CCOC(=O)c1cc(=O)n(-c2ccc([N+](=O)[O-])cc2)n1C. The van der Waals surface area contributed by atoms with E-state index in [1.807, 2.05) is 0 Å². The van der Waals surface area contributed by atoms with E-state index < -0.39 is 16.5 Å². The zero-order valence-corrected chi connectivity index (χ0v) is 11.5. The van der Waals surface area contributed by atoms with Crippen molar-refractivity contribution in [2.24, 2.45) is 7.05 Å². The number of nitrogens with zero attached hydrogens (tertiary/aromatic N) is 3. The summed E-state index contributed by atoms with van der Waals surface area (Å²) in [5.41, 5.74) is 0.0323. The number of nitro benzene ring substituents is 1. The van der Waals surface area contributed by atoms with Gasteiger partial charge in [0.2, 0.25) is 0 Å². The van der Waals surface area contributed by atoms with Crippen LogP contribution in [0.5, 0.6) is 0 Å². The lowest BCUT2D eigenvalue weighted by atomic mass is 10.3. The summed E-state index contributed by atoms with van der Waals surface area (Å²) in [7, 11) is 1.54. The summed E-state index contributed by atoms with van der Waals surface area (Å²) >= 11 is 0. The second-order valence-electron chi connectivity index (χ2n) is 4.20. The van der Waals surface area contributed by atoms with E-state index in [9.17, 15) is 19.7 Å². The molecule has 0 atom stereocenters. The fourth-order valence-corrected chi connectivity index (χ4v) is 1.94. The highest BCUT2D eigenvalue weighted by atomic mass is 16.6. The first-order valence-corrected chi connectivity index (χ1v) is 6.16. The molecule has 0 N–H and O–H groups in total. The molecule has 21 heavy (non-hydrogen) atoms. The minimum Gasteiger partial charge on any atom is -0.461 e. The van der Waals surface area contributed by atoms with Gasteiger partial charge in [0.05, 0.1) is 17.2 Å². The van der Waals surface area contributed by atoms with Crippen LogP contribution in [0.15, 0.2) is 35.1 Å². The smallest absolute Gasteiger partial charge is 0.356 e. The third kappa shape index (κ3) is 2.69. The van der Waals surface area contributed by atoms with Gasteiger partial charge in [-0.2, -0.15) is 0 Å². The monoisotopic (exact) mass is 291 g/mol. The van der Waals surface area contributed by atoms with Gasteiger partial charge in [-0.3, -0.25) is 19.6 Å². The van der Waals surface area contributed by atoms with E-state index in [-0.39, 0.29) is 18.0 Å². The van der Waals surface area contributed by atoms with Crippen molar-refractivity contribution in [1.29, 1.82) is 0 Å². The predicted octanol–water partition coefficient (Wildman–Crippen LogP) is 1.26. The second-order valence-corrected chi connectivity index (χ2v) is 4.20.